The average Bonchev–Trinajstić information content (AvgIpc) is 2.24. The number of hydrogen-bond donors (Lipinski definition) is 1. The summed E-state index contributed by atoms with van der Waals surface area (Å²) in [6.07, 6.45) is 1.23. The van der Waals surface area contributed by atoms with Gasteiger partial charge in [0.15, 0.2) is 0 Å². The van der Waals surface area contributed by atoms with Crippen LogP contribution in [0.2, 0.25) is 0 Å². The van der Waals surface area contributed by atoms with Gasteiger partial charge in [0.25, 0.3) is 0 Å². The molecule has 0 bridgehead atoms. The van der Waals surface area contributed by atoms with Crippen molar-refractivity contribution in [2.45, 2.75) is 19.9 Å². The fourth-order valence-corrected chi connectivity index (χ4v) is 2.65. The van der Waals surface area contributed by atoms with E-state index in [1.165, 1.54) is 6.26 Å². The predicted octanol–water partition coefficient (Wildman–Crippen LogP) is 2.49. The molecule has 19 heavy (non-hydrogen) atoms. The first-order valence-electron chi connectivity index (χ1n) is 6.08. The lowest BCUT2D eigenvalue weighted by atomic mass is 10.2. The number of sulfone groups is 1. The van der Waals surface area contributed by atoms with Crippen molar-refractivity contribution in [2.75, 3.05) is 23.9 Å². The lowest BCUT2D eigenvalue weighted by Gasteiger charge is -2.15. The topological polar surface area (TPSA) is 55.4 Å². The highest BCUT2D eigenvalue weighted by Gasteiger charge is 2.10. The van der Waals surface area contributed by atoms with Gasteiger partial charge in [-0.3, -0.25) is 0 Å². The Hall–Kier alpha value is -1.49. The van der Waals surface area contributed by atoms with E-state index in [9.17, 15) is 8.42 Å². The molecule has 1 aromatic carbocycles. The summed E-state index contributed by atoms with van der Waals surface area (Å²) in [6.45, 7) is 7.98. The fourth-order valence-electron chi connectivity index (χ4n) is 1.66. The molecule has 0 fully saturated rings. The van der Waals surface area contributed by atoms with E-state index in [1.54, 1.807) is 0 Å². The van der Waals surface area contributed by atoms with E-state index in [0.717, 1.165) is 17.0 Å². The van der Waals surface area contributed by atoms with Gasteiger partial charge in [0, 0.05) is 24.1 Å². The third kappa shape index (κ3) is 6.86. The van der Waals surface area contributed by atoms with Crippen molar-refractivity contribution in [3.05, 3.63) is 36.4 Å². The first-order valence-corrected chi connectivity index (χ1v) is 8.14. The molecule has 1 atom stereocenters. The largest absolute Gasteiger partial charge is 0.489 e. The number of nitrogens with one attached hydrogen (secondary N) is 1. The Morgan fingerprint density at radius 3 is 2.74 bits per heavy atom. The summed E-state index contributed by atoms with van der Waals surface area (Å²) < 4.78 is 27.9. The van der Waals surface area contributed by atoms with Gasteiger partial charge in [-0.05, 0) is 31.6 Å². The molecule has 0 saturated carbocycles. The number of anilines is 1. The zero-order valence-electron chi connectivity index (χ0n) is 11.6. The fraction of sp³-hybridized carbons (Fsp3) is 0.429. The minimum absolute atomic E-state index is 0.101. The van der Waals surface area contributed by atoms with Crippen LogP contribution in [0, 0.1) is 0 Å². The maximum atomic E-state index is 11.2. The van der Waals surface area contributed by atoms with E-state index in [4.69, 9.17) is 4.74 Å². The first kappa shape index (κ1) is 15.6. The molecule has 0 saturated heterocycles. The maximum Gasteiger partial charge on any atom is 0.149 e. The molecule has 0 spiro atoms. The minimum Gasteiger partial charge on any atom is -0.489 e. The predicted molar refractivity (Wildman–Crippen MR) is 79.5 cm³/mol. The van der Waals surface area contributed by atoms with Crippen LogP contribution in [-0.2, 0) is 9.84 Å². The van der Waals surface area contributed by atoms with Crippen molar-refractivity contribution in [1.29, 1.82) is 0 Å². The number of hydrogen-bond acceptors (Lipinski definition) is 4. The number of ether oxygens (including phenoxy) is 1. The lowest BCUT2D eigenvalue weighted by molar-refractivity contribution is 0.353. The molecule has 0 heterocycles. The van der Waals surface area contributed by atoms with Crippen LogP contribution in [0.3, 0.4) is 0 Å². The SMILES string of the molecule is C=C(C)COc1cccc(NC(C)CS(C)(=O)=O)c1. The molecule has 1 N–H and O–H groups in total. The van der Waals surface area contributed by atoms with Crippen molar-refractivity contribution < 1.29 is 13.2 Å². The lowest BCUT2D eigenvalue weighted by Crippen LogP contribution is -2.24. The van der Waals surface area contributed by atoms with E-state index >= 15 is 0 Å². The summed E-state index contributed by atoms with van der Waals surface area (Å²) in [5.74, 6) is 0.837. The van der Waals surface area contributed by atoms with Crippen LogP contribution in [0.5, 0.6) is 5.75 Å². The van der Waals surface area contributed by atoms with E-state index in [0.29, 0.717) is 6.61 Å². The van der Waals surface area contributed by atoms with E-state index in [-0.39, 0.29) is 11.8 Å². The summed E-state index contributed by atoms with van der Waals surface area (Å²) in [6, 6.07) is 7.30. The molecule has 0 amide bonds. The van der Waals surface area contributed by atoms with Crippen LogP contribution >= 0.6 is 0 Å². The smallest absolute Gasteiger partial charge is 0.149 e. The first-order chi connectivity index (χ1) is 8.76. The molecule has 4 nitrogen and oxygen atoms in total. The van der Waals surface area contributed by atoms with E-state index in [1.807, 2.05) is 38.1 Å². The molecule has 1 rings (SSSR count). The second-order valence-corrected chi connectivity index (χ2v) is 7.10. The Labute approximate surface area is 115 Å². The summed E-state index contributed by atoms with van der Waals surface area (Å²) in [5, 5.41) is 3.14. The van der Waals surface area contributed by atoms with Crippen molar-refractivity contribution in [3.8, 4) is 5.75 Å². The van der Waals surface area contributed by atoms with E-state index in [2.05, 4.69) is 11.9 Å². The number of rotatable bonds is 7. The van der Waals surface area contributed by atoms with Crippen molar-refractivity contribution >= 4 is 15.5 Å². The Bertz CT molecular complexity index is 537. The second-order valence-electron chi connectivity index (χ2n) is 4.91. The third-order valence-corrected chi connectivity index (χ3v) is 3.39. The molecular weight excluding hydrogens is 262 g/mol. The zero-order valence-corrected chi connectivity index (χ0v) is 12.5. The Morgan fingerprint density at radius 2 is 2.16 bits per heavy atom. The monoisotopic (exact) mass is 283 g/mol. The van der Waals surface area contributed by atoms with Gasteiger partial charge in [-0.1, -0.05) is 12.6 Å². The molecule has 1 unspecified atom stereocenters. The molecule has 0 aliphatic rings. The average molecular weight is 283 g/mol. The number of benzene rings is 1. The van der Waals surface area contributed by atoms with Crippen molar-refractivity contribution in [3.63, 3.8) is 0 Å². The summed E-state index contributed by atoms with van der Waals surface area (Å²) >= 11 is 0. The summed E-state index contributed by atoms with van der Waals surface area (Å²) in [4.78, 5) is 0. The van der Waals surface area contributed by atoms with Crippen molar-refractivity contribution in [2.24, 2.45) is 0 Å². The molecule has 0 aliphatic heterocycles. The quantitative estimate of drug-likeness (QED) is 0.781. The highest BCUT2D eigenvalue weighted by molar-refractivity contribution is 7.90. The highest BCUT2D eigenvalue weighted by Crippen LogP contribution is 2.18. The van der Waals surface area contributed by atoms with Crippen molar-refractivity contribution in [1.82, 2.24) is 0 Å². The van der Waals surface area contributed by atoms with Gasteiger partial charge >= 0.3 is 0 Å². The van der Waals surface area contributed by atoms with Crippen LogP contribution in [-0.4, -0.2) is 33.1 Å². The molecular formula is C14H21NO3S. The molecule has 0 aliphatic carbocycles. The maximum absolute atomic E-state index is 11.2. The zero-order chi connectivity index (χ0) is 14.5. The van der Waals surface area contributed by atoms with Crippen LogP contribution in [0.25, 0.3) is 0 Å². The van der Waals surface area contributed by atoms with Crippen LogP contribution in [0.4, 0.5) is 5.69 Å². The standard InChI is InChI=1S/C14H21NO3S/c1-11(2)9-18-14-7-5-6-13(8-14)15-12(3)10-19(4,16)17/h5-8,12,15H,1,9-10H2,2-4H3. The normalized spacial score (nSPS) is 12.8. The van der Waals surface area contributed by atoms with E-state index < -0.39 is 9.84 Å². The molecule has 1 aromatic rings. The van der Waals surface area contributed by atoms with Crippen LogP contribution < -0.4 is 10.1 Å². The van der Waals surface area contributed by atoms with Gasteiger partial charge < -0.3 is 10.1 Å². The highest BCUT2D eigenvalue weighted by atomic mass is 32.2. The minimum atomic E-state index is -2.98. The van der Waals surface area contributed by atoms with Gasteiger partial charge in [0.05, 0.1) is 5.75 Å². The summed E-state index contributed by atoms with van der Waals surface area (Å²) in [5.41, 5.74) is 1.79. The third-order valence-electron chi connectivity index (χ3n) is 2.29. The van der Waals surface area contributed by atoms with Gasteiger partial charge in [0.1, 0.15) is 22.2 Å². The molecule has 5 heteroatoms. The Morgan fingerprint density at radius 1 is 1.47 bits per heavy atom. The van der Waals surface area contributed by atoms with Gasteiger partial charge in [0.2, 0.25) is 0 Å². The van der Waals surface area contributed by atoms with Crippen LogP contribution in [0.15, 0.2) is 36.4 Å². The molecule has 0 radical (unpaired) electrons. The Kier molecular flexibility index (Phi) is 5.42. The second kappa shape index (κ2) is 6.61. The van der Waals surface area contributed by atoms with Crippen LogP contribution in [0.1, 0.15) is 13.8 Å². The van der Waals surface area contributed by atoms with Gasteiger partial charge in [-0.2, -0.15) is 0 Å². The Balaban J connectivity index is 2.63. The summed E-state index contributed by atoms with van der Waals surface area (Å²) in [7, 11) is -2.98. The molecule has 0 aromatic heterocycles. The van der Waals surface area contributed by atoms with Gasteiger partial charge in [-0.15, -0.1) is 0 Å². The van der Waals surface area contributed by atoms with Gasteiger partial charge in [-0.25, -0.2) is 8.42 Å². The molecule has 106 valence electrons.